The Morgan fingerprint density at radius 1 is 1.33 bits per heavy atom. The molecule has 1 aliphatic carbocycles. The van der Waals surface area contributed by atoms with E-state index in [1.54, 1.807) is 0 Å². The molecule has 3 N–H and O–H groups in total. The lowest BCUT2D eigenvalue weighted by Crippen LogP contribution is -2.19. The summed E-state index contributed by atoms with van der Waals surface area (Å²) in [5, 5.41) is 0. The van der Waals surface area contributed by atoms with Gasteiger partial charge in [0.15, 0.2) is 0 Å². The molecule has 0 aliphatic heterocycles. The lowest BCUT2D eigenvalue weighted by Gasteiger charge is -2.20. The van der Waals surface area contributed by atoms with Crippen molar-refractivity contribution in [2.75, 3.05) is 0 Å². The molecule has 3 nitrogen and oxygen atoms in total. The normalized spacial score (nSPS) is 14.7. The maximum Gasteiger partial charge on any atom is 0.251 e. The number of pyridine rings is 1. The van der Waals surface area contributed by atoms with Crippen LogP contribution in [0.15, 0.2) is 0 Å². The van der Waals surface area contributed by atoms with E-state index in [9.17, 15) is 4.79 Å². The highest BCUT2D eigenvalue weighted by Gasteiger charge is 2.19. The van der Waals surface area contributed by atoms with Crippen molar-refractivity contribution in [3.8, 4) is 0 Å². The second kappa shape index (κ2) is 3.77. The largest absolute Gasteiger partial charge is 0.365 e. The van der Waals surface area contributed by atoms with Gasteiger partial charge in [-0.25, -0.2) is 0 Å². The van der Waals surface area contributed by atoms with Gasteiger partial charge in [0.1, 0.15) is 4.64 Å². The number of carbonyl (C=O) groups excluding carboxylic acids is 1. The van der Waals surface area contributed by atoms with Gasteiger partial charge in [-0.15, -0.1) is 0 Å². The summed E-state index contributed by atoms with van der Waals surface area (Å²) in [6.45, 7) is 2.00. The lowest BCUT2D eigenvalue weighted by atomic mass is 9.88. The summed E-state index contributed by atoms with van der Waals surface area (Å²) < 4.78 is 0.487. The van der Waals surface area contributed by atoms with E-state index in [4.69, 9.17) is 18.0 Å². The van der Waals surface area contributed by atoms with Crippen molar-refractivity contribution < 1.29 is 4.79 Å². The number of nitrogens with two attached hydrogens (primary N) is 1. The maximum atomic E-state index is 11.3. The predicted molar refractivity (Wildman–Crippen MR) is 61.5 cm³/mol. The van der Waals surface area contributed by atoms with Crippen LogP contribution in [0.4, 0.5) is 0 Å². The molecule has 1 aromatic rings. The first-order valence-corrected chi connectivity index (χ1v) is 5.56. The highest BCUT2D eigenvalue weighted by Crippen LogP contribution is 2.26. The van der Waals surface area contributed by atoms with Crippen molar-refractivity contribution in [1.29, 1.82) is 0 Å². The quantitative estimate of drug-likeness (QED) is 0.714. The van der Waals surface area contributed by atoms with Crippen molar-refractivity contribution in [2.45, 2.75) is 32.6 Å². The minimum absolute atomic E-state index is 0.408. The van der Waals surface area contributed by atoms with E-state index in [0.29, 0.717) is 10.2 Å². The molecule has 80 valence electrons. The predicted octanol–water partition coefficient (Wildman–Crippen LogP) is 2.03. The van der Waals surface area contributed by atoms with Gasteiger partial charge in [0.25, 0.3) is 5.91 Å². The topological polar surface area (TPSA) is 58.9 Å². The first-order chi connectivity index (χ1) is 7.11. The number of fused-ring (bicyclic) bond motifs is 1. The molecule has 0 bridgehead atoms. The molecule has 0 radical (unpaired) electrons. The summed E-state index contributed by atoms with van der Waals surface area (Å²) in [5.74, 6) is -0.408. The molecule has 2 rings (SSSR count). The fourth-order valence-corrected chi connectivity index (χ4v) is 2.68. The zero-order valence-electron chi connectivity index (χ0n) is 8.72. The van der Waals surface area contributed by atoms with E-state index < -0.39 is 5.91 Å². The SMILES string of the molecule is Cc1[nH]c(=S)c(C(N)=O)c2c1CCCC2. The van der Waals surface area contributed by atoms with E-state index in [1.165, 1.54) is 12.0 Å². The van der Waals surface area contributed by atoms with Gasteiger partial charge in [0.2, 0.25) is 0 Å². The zero-order valence-corrected chi connectivity index (χ0v) is 9.54. The molecule has 1 aliphatic rings. The van der Waals surface area contributed by atoms with Gasteiger partial charge in [-0.1, -0.05) is 12.2 Å². The molecule has 1 aromatic heterocycles. The van der Waals surface area contributed by atoms with Gasteiger partial charge in [-0.3, -0.25) is 4.79 Å². The van der Waals surface area contributed by atoms with Crippen LogP contribution in [0.5, 0.6) is 0 Å². The third-order valence-corrected chi connectivity index (χ3v) is 3.30. The van der Waals surface area contributed by atoms with E-state index in [0.717, 1.165) is 30.5 Å². The van der Waals surface area contributed by atoms with Crippen molar-refractivity contribution >= 4 is 18.1 Å². The molecule has 1 amide bonds. The molecule has 15 heavy (non-hydrogen) atoms. The Kier molecular flexibility index (Phi) is 2.61. The van der Waals surface area contributed by atoms with Crippen molar-refractivity contribution in [3.63, 3.8) is 0 Å². The summed E-state index contributed by atoms with van der Waals surface area (Å²) in [4.78, 5) is 14.4. The minimum atomic E-state index is -0.408. The molecule has 0 fully saturated rings. The monoisotopic (exact) mass is 222 g/mol. The summed E-state index contributed by atoms with van der Waals surface area (Å²) in [6.07, 6.45) is 4.24. The van der Waals surface area contributed by atoms with Crippen LogP contribution in [0.1, 0.15) is 40.0 Å². The molecule has 0 atom stereocenters. The standard InChI is InChI=1S/C11H14N2OS/c1-6-7-4-2-3-5-8(7)9(10(12)14)11(15)13-6/h2-5H2,1H3,(H2,12,14)(H,13,15). The summed E-state index contributed by atoms with van der Waals surface area (Å²) in [6, 6.07) is 0. The summed E-state index contributed by atoms with van der Waals surface area (Å²) >= 11 is 5.14. The van der Waals surface area contributed by atoms with Gasteiger partial charge in [-0.2, -0.15) is 0 Å². The fourth-order valence-electron chi connectivity index (χ4n) is 2.30. The molecule has 0 spiro atoms. The van der Waals surface area contributed by atoms with Gasteiger partial charge >= 0.3 is 0 Å². The third-order valence-electron chi connectivity index (χ3n) is 3.00. The number of carbonyl (C=O) groups is 1. The van der Waals surface area contributed by atoms with Crippen molar-refractivity contribution in [1.82, 2.24) is 4.98 Å². The van der Waals surface area contributed by atoms with Crippen LogP contribution in [0.25, 0.3) is 0 Å². The highest BCUT2D eigenvalue weighted by atomic mass is 32.1. The fraction of sp³-hybridized carbons (Fsp3) is 0.455. The van der Waals surface area contributed by atoms with E-state index in [-0.39, 0.29) is 0 Å². The highest BCUT2D eigenvalue weighted by molar-refractivity contribution is 7.71. The van der Waals surface area contributed by atoms with Gasteiger partial charge < -0.3 is 10.7 Å². The van der Waals surface area contributed by atoms with Gasteiger partial charge in [-0.05, 0) is 43.7 Å². The Morgan fingerprint density at radius 3 is 2.53 bits per heavy atom. The molecule has 1 heterocycles. The molecule has 0 unspecified atom stereocenters. The first-order valence-electron chi connectivity index (χ1n) is 5.15. The average molecular weight is 222 g/mol. The first kappa shape index (κ1) is 10.4. The Morgan fingerprint density at radius 2 is 1.93 bits per heavy atom. The number of amides is 1. The maximum absolute atomic E-state index is 11.3. The van der Waals surface area contributed by atoms with Crippen molar-refractivity contribution in [3.05, 3.63) is 27.0 Å². The Hall–Kier alpha value is -1.16. The molecule has 0 saturated carbocycles. The smallest absolute Gasteiger partial charge is 0.251 e. The number of aryl methyl sites for hydroxylation is 1. The van der Waals surface area contributed by atoms with Crippen LogP contribution < -0.4 is 5.73 Å². The van der Waals surface area contributed by atoms with E-state index >= 15 is 0 Å². The van der Waals surface area contributed by atoms with Gasteiger partial charge in [0.05, 0.1) is 5.56 Å². The van der Waals surface area contributed by atoms with Crippen LogP contribution in [-0.4, -0.2) is 10.9 Å². The summed E-state index contributed by atoms with van der Waals surface area (Å²) in [7, 11) is 0. The molecule has 0 saturated heterocycles. The van der Waals surface area contributed by atoms with Crippen LogP contribution in [0, 0.1) is 11.6 Å². The number of aromatic amines is 1. The van der Waals surface area contributed by atoms with E-state index in [1.807, 2.05) is 6.92 Å². The molecule has 4 heteroatoms. The Labute approximate surface area is 93.7 Å². The number of primary amides is 1. The van der Waals surface area contributed by atoms with Crippen LogP contribution in [0.3, 0.4) is 0 Å². The van der Waals surface area contributed by atoms with Crippen LogP contribution in [0.2, 0.25) is 0 Å². The number of nitrogens with one attached hydrogen (secondary N) is 1. The average Bonchev–Trinajstić information content (AvgIpc) is 2.17. The van der Waals surface area contributed by atoms with Gasteiger partial charge in [0, 0.05) is 5.69 Å². The third kappa shape index (κ3) is 1.69. The van der Waals surface area contributed by atoms with Crippen LogP contribution in [-0.2, 0) is 12.8 Å². The second-order valence-electron chi connectivity index (χ2n) is 3.98. The molecule has 0 aromatic carbocycles. The number of aromatic nitrogens is 1. The minimum Gasteiger partial charge on any atom is -0.365 e. The Bertz CT molecular complexity index is 476. The Balaban J connectivity index is 2.74. The molecular formula is C11H14N2OS. The van der Waals surface area contributed by atoms with Crippen LogP contribution >= 0.6 is 12.2 Å². The number of hydrogen-bond donors (Lipinski definition) is 2. The van der Waals surface area contributed by atoms with E-state index in [2.05, 4.69) is 4.98 Å². The summed E-state index contributed by atoms with van der Waals surface area (Å²) in [5.41, 5.74) is 9.30. The lowest BCUT2D eigenvalue weighted by molar-refractivity contribution is 0.0998. The zero-order chi connectivity index (χ0) is 11.0. The number of rotatable bonds is 1. The number of hydrogen-bond acceptors (Lipinski definition) is 2. The molecular weight excluding hydrogens is 208 g/mol. The van der Waals surface area contributed by atoms with Crippen molar-refractivity contribution in [2.24, 2.45) is 5.73 Å². The second-order valence-corrected chi connectivity index (χ2v) is 4.39. The number of H-pyrrole nitrogens is 1.